The van der Waals surface area contributed by atoms with Gasteiger partial charge < -0.3 is 15.6 Å². The fourth-order valence-corrected chi connectivity index (χ4v) is 4.21. The molecule has 1 aliphatic rings. The molecule has 2 atom stereocenters. The second-order valence-corrected chi connectivity index (χ2v) is 8.76. The zero-order valence-corrected chi connectivity index (χ0v) is 17.7. The Bertz CT molecular complexity index is 1010. The SMILES string of the molecule is CC(C)C(N)C(=O)N1CCCC1c1ncc(-c2ccc3cc(Br)ccc3c2)[nH]1. The minimum Gasteiger partial charge on any atom is -0.340 e. The zero-order valence-electron chi connectivity index (χ0n) is 16.2. The van der Waals surface area contributed by atoms with E-state index in [0.29, 0.717) is 0 Å². The van der Waals surface area contributed by atoms with Crippen LogP contribution in [0.5, 0.6) is 0 Å². The van der Waals surface area contributed by atoms with E-state index in [1.807, 2.05) is 31.0 Å². The van der Waals surface area contributed by atoms with E-state index in [-0.39, 0.29) is 17.9 Å². The van der Waals surface area contributed by atoms with Crippen molar-refractivity contribution in [2.75, 3.05) is 6.54 Å². The number of benzene rings is 2. The third-order valence-electron chi connectivity index (χ3n) is 5.56. The maximum atomic E-state index is 12.8. The van der Waals surface area contributed by atoms with Crippen LogP contribution in [0.15, 0.2) is 47.1 Å². The van der Waals surface area contributed by atoms with Crippen molar-refractivity contribution < 1.29 is 4.79 Å². The summed E-state index contributed by atoms with van der Waals surface area (Å²) in [4.78, 5) is 22.7. The van der Waals surface area contributed by atoms with Crippen LogP contribution in [-0.4, -0.2) is 33.4 Å². The minimum absolute atomic E-state index is 0.0201. The number of amides is 1. The number of halogens is 1. The number of fused-ring (bicyclic) bond motifs is 1. The van der Waals surface area contributed by atoms with Gasteiger partial charge in [0.05, 0.1) is 24.0 Å². The van der Waals surface area contributed by atoms with Crippen LogP contribution < -0.4 is 5.73 Å². The fourth-order valence-electron chi connectivity index (χ4n) is 3.83. The maximum Gasteiger partial charge on any atom is 0.240 e. The highest BCUT2D eigenvalue weighted by atomic mass is 79.9. The lowest BCUT2D eigenvalue weighted by Gasteiger charge is -2.27. The van der Waals surface area contributed by atoms with Gasteiger partial charge in [0.1, 0.15) is 5.82 Å². The molecule has 2 aromatic carbocycles. The Kier molecular flexibility index (Phi) is 5.25. The smallest absolute Gasteiger partial charge is 0.240 e. The average molecular weight is 441 g/mol. The molecule has 6 heteroatoms. The number of rotatable bonds is 4. The van der Waals surface area contributed by atoms with Crippen LogP contribution >= 0.6 is 15.9 Å². The molecule has 0 bridgehead atoms. The number of nitrogens with two attached hydrogens (primary N) is 1. The third-order valence-corrected chi connectivity index (χ3v) is 6.06. The number of aromatic amines is 1. The second kappa shape index (κ2) is 7.68. The Morgan fingerprint density at radius 1 is 1.25 bits per heavy atom. The lowest BCUT2D eigenvalue weighted by molar-refractivity contribution is -0.134. The first-order chi connectivity index (χ1) is 13.4. The minimum atomic E-state index is -0.463. The molecule has 1 saturated heterocycles. The molecule has 4 rings (SSSR count). The quantitative estimate of drug-likeness (QED) is 0.620. The van der Waals surface area contributed by atoms with Crippen molar-refractivity contribution in [1.29, 1.82) is 0 Å². The third kappa shape index (κ3) is 3.59. The number of hydrogen-bond acceptors (Lipinski definition) is 3. The lowest BCUT2D eigenvalue weighted by Crippen LogP contribution is -2.46. The van der Waals surface area contributed by atoms with Gasteiger partial charge in [-0.2, -0.15) is 0 Å². The van der Waals surface area contributed by atoms with Crippen molar-refractivity contribution in [3.8, 4) is 11.3 Å². The van der Waals surface area contributed by atoms with E-state index in [1.165, 1.54) is 10.8 Å². The van der Waals surface area contributed by atoms with Crippen molar-refractivity contribution in [2.45, 2.75) is 38.8 Å². The predicted octanol–water partition coefficient (Wildman–Crippen LogP) is 4.64. The van der Waals surface area contributed by atoms with E-state index in [2.05, 4.69) is 56.2 Å². The van der Waals surface area contributed by atoms with Gasteiger partial charge in [-0.15, -0.1) is 0 Å². The molecule has 1 aromatic heterocycles. The normalized spacial score (nSPS) is 18.2. The molecule has 1 amide bonds. The van der Waals surface area contributed by atoms with Crippen LogP contribution in [0, 0.1) is 5.92 Å². The maximum absolute atomic E-state index is 12.8. The number of aromatic nitrogens is 2. The number of imidazole rings is 1. The number of nitrogens with zero attached hydrogens (tertiary/aromatic N) is 2. The van der Waals surface area contributed by atoms with Gasteiger partial charge in [0.25, 0.3) is 0 Å². The van der Waals surface area contributed by atoms with Gasteiger partial charge in [-0.1, -0.05) is 48.0 Å². The number of likely N-dealkylation sites (tertiary alicyclic amines) is 1. The van der Waals surface area contributed by atoms with E-state index in [0.717, 1.165) is 40.9 Å². The van der Waals surface area contributed by atoms with E-state index >= 15 is 0 Å². The molecule has 0 spiro atoms. The zero-order chi connectivity index (χ0) is 19.8. The van der Waals surface area contributed by atoms with Crippen LogP contribution in [0.2, 0.25) is 0 Å². The predicted molar refractivity (Wildman–Crippen MR) is 116 cm³/mol. The second-order valence-electron chi connectivity index (χ2n) is 7.85. The highest BCUT2D eigenvalue weighted by molar-refractivity contribution is 9.10. The first-order valence-electron chi connectivity index (χ1n) is 9.74. The van der Waals surface area contributed by atoms with E-state index in [4.69, 9.17) is 5.73 Å². The van der Waals surface area contributed by atoms with Crippen molar-refractivity contribution in [3.05, 3.63) is 52.9 Å². The Morgan fingerprint density at radius 3 is 2.79 bits per heavy atom. The summed E-state index contributed by atoms with van der Waals surface area (Å²) < 4.78 is 1.07. The number of H-pyrrole nitrogens is 1. The summed E-state index contributed by atoms with van der Waals surface area (Å²) in [5, 5.41) is 2.37. The van der Waals surface area contributed by atoms with E-state index < -0.39 is 6.04 Å². The molecule has 3 N–H and O–H groups in total. The van der Waals surface area contributed by atoms with Gasteiger partial charge in [0.2, 0.25) is 5.91 Å². The summed E-state index contributed by atoms with van der Waals surface area (Å²) in [5.41, 5.74) is 8.17. The number of carbonyl (C=O) groups is 1. The van der Waals surface area contributed by atoms with Crippen molar-refractivity contribution in [3.63, 3.8) is 0 Å². The van der Waals surface area contributed by atoms with Crippen molar-refractivity contribution in [1.82, 2.24) is 14.9 Å². The average Bonchev–Trinajstić information content (AvgIpc) is 3.35. The first kappa shape index (κ1) is 19.2. The molecular formula is C22H25BrN4O. The summed E-state index contributed by atoms with van der Waals surface area (Å²) in [6, 6.07) is 12.1. The highest BCUT2D eigenvalue weighted by Gasteiger charge is 2.35. The molecule has 146 valence electrons. The Labute approximate surface area is 173 Å². The molecule has 0 aliphatic carbocycles. The Hall–Kier alpha value is -2.18. The van der Waals surface area contributed by atoms with Gasteiger partial charge >= 0.3 is 0 Å². The highest BCUT2D eigenvalue weighted by Crippen LogP contribution is 2.33. The number of hydrogen-bond donors (Lipinski definition) is 2. The summed E-state index contributed by atoms with van der Waals surface area (Å²) in [6.45, 7) is 4.71. The molecular weight excluding hydrogens is 416 g/mol. The molecule has 28 heavy (non-hydrogen) atoms. The lowest BCUT2D eigenvalue weighted by atomic mass is 10.0. The summed E-state index contributed by atoms with van der Waals surface area (Å²) in [7, 11) is 0. The Balaban J connectivity index is 1.60. The van der Waals surface area contributed by atoms with Crippen LogP contribution in [0.1, 0.15) is 38.6 Å². The van der Waals surface area contributed by atoms with Gasteiger partial charge in [-0.3, -0.25) is 4.79 Å². The number of nitrogens with one attached hydrogen (secondary N) is 1. The van der Waals surface area contributed by atoms with Crippen LogP contribution in [-0.2, 0) is 4.79 Å². The molecule has 0 radical (unpaired) electrons. The molecule has 3 aromatic rings. The Morgan fingerprint density at radius 2 is 2.00 bits per heavy atom. The van der Waals surface area contributed by atoms with Gasteiger partial charge in [-0.25, -0.2) is 4.98 Å². The van der Waals surface area contributed by atoms with Crippen LogP contribution in [0.25, 0.3) is 22.0 Å². The monoisotopic (exact) mass is 440 g/mol. The molecule has 2 unspecified atom stereocenters. The standard InChI is InChI=1S/C22H25BrN4O/c1-13(2)20(24)22(28)27-9-3-4-19(27)21-25-12-18(26-21)16-6-5-15-11-17(23)8-7-14(15)10-16/h5-8,10-13,19-20H,3-4,9,24H2,1-2H3,(H,25,26). The van der Waals surface area contributed by atoms with Crippen LogP contribution in [0.4, 0.5) is 0 Å². The topological polar surface area (TPSA) is 75.0 Å². The van der Waals surface area contributed by atoms with Crippen molar-refractivity contribution in [2.24, 2.45) is 11.7 Å². The van der Waals surface area contributed by atoms with E-state index in [1.54, 1.807) is 0 Å². The molecule has 1 fully saturated rings. The first-order valence-corrected chi connectivity index (χ1v) is 10.5. The van der Waals surface area contributed by atoms with Crippen molar-refractivity contribution >= 4 is 32.6 Å². The fraction of sp³-hybridized carbons (Fsp3) is 0.364. The summed E-state index contributed by atoms with van der Waals surface area (Å²) in [6.07, 6.45) is 3.75. The molecule has 2 heterocycles. The van der Waals surface area contributed by atoms with Gasteiger partial charge in [0, 0.05) is 16.6 Å². The van der Waals surface area contributed by atoms with Gasteiger partial charge in [-0.05, 0) is 47.7 Å². The molecule has 1 aliphatic heterocycles. The van der Waals surface area contributed by atoms with Crippen LogP contribution in [0.3, 0.4) is 0 Å². The van der Waals surface area contributed by atoms with Gasteiger partial charge in [0.15, 0.2) is 0 Å². The molecule has 5 nitrogen and oxygen atoms in total. The largest absolute Gasteiger partial charge is 0.340 e. The molecule has 0 saturated carbocycles. The number of carbonyl (C=O) groups excluding carboxylic acids is 1. The van der Waals surface area contributed by atoms with E-state index in [9.17, 15) is 4.79 Å². The summed E-state index contributed by atoms with van der Waals surface area (Å²) in [5.74, 6) is 0.984. The summed E-state index contributed by atoms with van der Waals surface area (Å²) >= 11 is 3.52.